The molecule has 16 heteroatoms. The minimum absolute atomic E-state index is 0.00962. The molecule has 3 amide bonds. The van der Waals surface area contributed by atoms with Crippen LogP contribution in [0.4, 0.5) is 0 Å². The van der Waals surface area contributed by atoms with E-state index in [4.69, 9.17) is 33.5 Å². The van der Waals surface area contributed by atoms with E-state index in [0.29, 0.717) is 19.3 Å². The summed E-state index contributed by atoms with van der Waals surface area (Å²) < 4.78 is 31.5. The van der Waals surface area contributed by atoms with E-state index in [1.165, 1.54) is 0 Å². The summed E-state index contributed by atoms with van der Waals surface area (Å²) in [6, 6.07) is -0.940. The summed E-state index contributed by atoms with van der Waals surface area (Å²) in [7, 11) is 0. The first-order valence-corrected chi connectivity index (χ1v) is 19.8. The van der Waals surface area contributed by atoms with Crippen molar-refractivity contribution in [2.24, 2.45) is 0 Å². The lowest BCUT2D eigenvalue weighted by atomic mass is 10.0. The van der Waals surface area contributed by atoms with E-state index in [9.17, 15) is 28.8 Å². The zero-order valence-electron chi connectivity index (χ0n) is 34.4. The Balaban J connectivity index is 4.07. The molecule has 0 aromatic heterocycles. The van der Waals surface area contributed by atoms with E-state index in [1.54, 1.807) is 20.8 Å². The van der Waals surface area contributed by atoms with Crippen LogP contribution >= 0.6 is 0 Å². The average molecular weight is 790 g/mol. The van der Waals surface area contributed by atoms with Gasteiger partial charge in [-0.3, -0.25) is 19.2 Å². The highest BCUT2D eigenvalue weighted by Gasteiger charge is 2.27. The van der Waals surface area contributed by atoms with Gasteiger partial charge in [0.1, 0.15) is 30.5 Å². The maximum absolute atomic E-state index is 12.8. The van der Waals surface area contributed by atoms with Crippen LogP contribution in [0.3, 0.4) is 0 Å². The van der Waals surface area contributed by atoms with Crippen molar-refractivity contribution in [1.82, 2.24) is 16.0 Å². The first kappa shape index (κ1) is 51.7. The van der Waals surface area contributed by atoms with Gasteiger partial charge in [-0.2, -0.15) is 0 Å². The van der Waals surface area contributed by atoms with E-state index < -0.39 is 29.2 Å². The molecule has 55 heavy (non-hydrogen) atoms. The molecule has 0 spiro atoms. The third-order valence-electron chi connectivity index (χ3n) is 7.48. The van der Waals surface area contributed by atoms with Gasteiger partial charge in [0.25, 0.3) is 0 Å². The third-order valence-corrected chi connectivity index (χ3v) is 7.48. The minimum Gasteiger partial charge on any atom is -0.480 e. The van der Waals surface area contributed by atoms with Gasteiger partial charge in [-0.05, 0) is 60.8 Å². The molecule has 1 unspecified atom stereocenters. The Morgan fingerprint density at radius 2 is 0.964 bits per heavy atom. The van der Waals surface area contributed by atoms with Crippen LogP contribution in [0.1, 0.15) is 131 Å². The number of carbonyl (C=O) groups excluding carboxylic acids is 5. The van der Waals surface area contributed by atoms with Crippen molar-refractivity contribution in [3.8, 4) is 0 Å². The number of esters is 2. The Labute approximate surface area is 328 Å². The first-order valence-electron chi connectivity index (χ1n) is 19.8. The standard InChI is InChI=1S/C39H71N3O13/c1-38(2,3)54-36(48)18-16-14-12-10-8-7-9-11-13-15-17-33(44)42-31(37(49)55-39(4,5)6)19-20-32(43)40-21-23-50-25-27-52-29-34(45)41-22-24-51-26-28-53-30-35(46)47/h31H,7-30H2,1-6H3,(H,40,43)(H,41,45)(H,42,44)(H,46,47). The maximum Gasteiger partial charge on any atom is 0.329 e. The molecule has 16 nitrogen and oxygen atoms in total. The maximum atomic E-state index is 12.8. The Morgan fingerprint density at radius 3 is 1.47 bits per heavy atom. The fourth-order valence-electron chi connectivity index (χ4n) is 4.95. The van der Waals surface area contributed by atoms with Crippen molar-refractivity contribution in [3.05, 3.63) is 0 Å². The molecule has 0 aromatic carbocycles. The van der Waals surface area contributed by atoms with Gasteiger partial charge in [0.15, 0.2) is 0 Å². The minimum atomic E-state index is -1.05. The molecular formula is C39H71N3O13. The zero-order chi connectivity index (χ0) is 41.4. The molecule has 0 aliphatic carbocycles. The van der Waals surface area contributed by atoms with E-state index >= 15 is 0 Å². The molecule has 0 fully saturated rings. The van der Waals surface area contributed by atoms with Gasteiger partial charge < -0.3 is 49.5 Å². The van der Waals surface area contributed by atoms with Gasteiger partial charge in [-0.25, -0.2) is 9.59 Å². The molecule has 0 rings (SSSR count). The molecule has 0 saturated carbocycles. The molecule has 0 bridgehead atoms. The number of nitrogens with one attached hydrogen (secondary N) is 3. The molecule has 320 valence electrons. The number of rotatable bonds is 34. The number of amides is 3. The number of hydrogen-bond donors (Lipinski definition) is 4. The number of carboxylic acids is 1. The summed E-state index contributed by atoms with van der Waals surface area (Å²) in [6.45, 7) is 12.1. The lowest BCUT2D eigenvalue weighted by molar-refractivity contribution is -0.159. The average Bonchev–Trinajstić information content (AvgIpc) is 3.07. The predicted molar refractivity (Wildman–Crippen MR) is 205 cm³/mol. The Morgan fingerprint density at radius 1 is 0.509 bits per heavy atom. The second-order valence-electron chi connectivity index (χ2n) is 15.2. The quantitative estimate of drug-likeness (QED) is 0.0537. The number of unbranched alkanes of at least 4 members (excludes halogenated alkanes) is 9. The number of carboxylic acid groups (broad SMARTS) is 1. The van der Waals surface area contributed by atoms with Crippen LogP contribution in [0.5, 0.6) is 0 Å². The normalized spacial score (nSPS) is 12.1. The summed E-state index contributed by atoms with van der Waals surface area (Å²) >= 11 is 0. The lowest BCUT2D eigenvalue weighted by Crippen LogP contribution is -2.44. The van der Waals surface area contributed by atoms with Crippen molar-refractivity contribution in [1.29, 1.82) is 0 Å². The van der Waals surface area contributed by atoms with E-state index in [0.717, 1.165) is 57.8 Å². The summed E-state index contributed by atoms with van der Waals surface area (Å²) in [5.41, 5.74) is -1.18. The van der Waals surface area contributed by atoms with Crippen molar-refractivity contribution < 1.29 is 62.3 Å². The Bertz CT molecular complexity index is 1090. The lowest BCUT2D eigenvalue weighted by Gasteiger charge is -2.24. The summed E-state index contributed by atoms with van der Waals surface area (Å²) in [6.07, 6.45) is 11.1. The van der Waals surface area contributed by atoms with Gasteiger partial charge in [-0.15, -0.1) is 0 Å². The fourth-order valence-corrected chi connectivity index (χ4v) is 4.95. The monoisotopic (exact) mass is 789 g/mol. The van der Waals surface area contributed by atoms with Crippen LogP contribution in [-0.4, -0.2) is 124 Å². The van der Waals surface area contributed by atoms with E-state index in [1.807, 2.05) is 20.8 Å². The highest BCUT2D eigenvalue weighted by Crippen LogP contribution is 2.15. The Hall–Kier alpha value is -3.34. The highest BCUT2D eigenvalue weighted by atomic mass is 16.6. The molecule has 4 N–H and O–H groups in total. The SMILES string of the molecule is CC(C)(C)OC(=O)CCCCCCCCCCCCC(=O)NC(CCC(=O)NCCOCCOCC(=O)NCCOCCOCC(=O)O)C(=O)OC(C)(C)C. The first-order chi connectivity index (χ1) is 26.0. The van der Waals surface area contributed by atoms with Gasteiger partial charge >= 0.3 is 17.9 Å². The highest BCUT2D eigenvalue weighted by molar-refractivity contribution is 5.85. The van der Waals surface area contributed by atoms with E-state index in [2.05, 4.69) is 16.0 Å². The molecule has 0 aliphatic rings. The van der Waals surface area contributed by atoms with Gasteiger partial charge in [0, 0.05) is 32.4 Å². The molecule has 0 aliphatic heterocycles. The number of hydrogen-bond acceptors (Lipinski definition) is 12. The second-order valence-corrected chi connectivity index (χ2v) is 15.2. The smallest absolute Gasteiger partial charge is 0.329 e. The molecular weight excluding hydrogens is 718 g/mol. The van der Waals surface area contributed by atoms with Gasteiger partial charge in [-0.1, -0.05) is 51.4 Å². The fraction of sp³-hybridized carbons (Fsp3) is 0.846. The second kappa shape index (κ2) is 31.8. The number of carbonyl (C=O) groups is 6. The molecule has 1 atom stereocenters. The van der Waals surface area contributed by atoms with Gasteiger partial charge in [0.2, 0.25) is 17.7 Å². The molecule has 0 heterocycles. The van der Waals surface area contributed by atoms with Crippen LogP contribution < -0.4 is 16.0 Å². The van der Waals surface area contributed by atoms with Crippen molar-refractivity contribution in [3.63, 3.8) is 0 Å². The van der Waals surface area contributed by atoms with Crippen LogP contribution in [0, 0.1) is 0 Å². The summed E-state index contributed by atoms with van der Waals surface area (Å²) in [5, 5.41) is 16.6. The topological polar surface area (TPSA) is 214 Å². The van der Waals surface area contributed by atoms with E-state index in [-0.39, 0.29) is 102 Å². The van der Waals surface area contributed by atoms with Crippen LogP contribution in [0.25, 0.3) is 0 Å². The van der Waals surface area contributed by atoms with Crippen LogP contribution in [0.15, 0.2) is 0 Å². The van der Waals surface area contributed by atoms with Crippen molar-refractivity contribution in [2.45, 2.75) is 149 Å². The van der Waals surface area contributed by atoms with Crippen molar-refractivity contribution in [2.75, 3.05) is 65.9 Å². The number of aliphatic carboxylic acids is 1. The zero-order valence-corrected chi connectivity index (χ0v) is 34.4. The summed E-state index contributed by atoms with van der Waals surface area (Å²) in [5.74, 6) is -2.63. The predicted octanol–water partition coefficient (Wildman–Crippen LogP) is 4.00. The van der Waals surface area contributed by atoms with Crippen LogP contribution in [0.2, 0.25) is 0 Å². The Kier molecular flexibility index (Phi) is 29.9. The van der Waals surface area contributed by atoms with Gasteiger partial charge in [0.05, 0.1) is 39.6 Å². The largest absolute Gasteiger partial charge is 0.480 e. The van der Waals surface area contributed by atoms with Crippen LogP contribution in [-0.2, 0) is 57.2 Å². The molecule has 0 radical (unpaired) electrons. The number of ether oxygens (including phenoxy) is 6. The summed E-state index contributed by atoms with van der Waals surface area (Å²) in [4.78, 5) is 71.8. The molecule has 0 saturated heterocycles. The molecule has 0 aromatic rings. The third kappa shape index (κ3) is 37.4. The van der Waals surface area contributed by atoms with Crippen molar-refractivity contribution >= 4 is 35.6 Å².